The molecular formula is C11H9FN2O4S. The molecule has 0 unspecified atom stereocenters. The van der Waals surface area contributed by atoms with Crippen LogP contribution in [0.15, 0.2) is 30.3 Å². The second-order valence-corrected chi connectivity index (χ2v) is 4.53. The molecule has 1 aromatic heterocycles. The van der Waals surface area contributed by atoms with E-state index in [9.17, 15) is 17.1 Å². The Morgan fingerprint density at radius 3 is 2.68 bits per heavy atom. The molecule has 0 bridgehead atoms. The number of halogens is 1. The average Bonchev–Trinajstić information content (AvgIpc) is 2.36. The highest BCUT2D eigenvalue weighted by atomic mass is 32.3. The number of nitrogens with zero attached hydrogens (tertiary/aromatic N) is 1. The molecule has 6 nitrogen and oxygen atoms in total. The van der Waals surface area contributed by atoms with Crippen molar-refractivity contribution in [2.24, 2.45) is 0 Å². The first-order valence-electron chi connectivity index (χ1n) is 5.16. The highest BCUT2D eigenvalue weighted by molar-refractivity contribution is 7.81. The Labute approximate surface area is 108 Å². The molecule has 1 heterocycles. The standard InChI is InChI=1S/C11H9FN2O4S/c1-13-11(15)8-6-5-7-3-2-4-9(10(7)14-8)18-19(12,16)17/h2-6H,1H3,(H,13,15). The van der Waals surface area contributed by atoms with Gasteiger partial charge in [-0.25, -0.2) is 4.98 Å². The molecule has 2 aromatic rings. The predicted molar refractivity (Wildman–Crippen MR) is 65.8 cm³/mol. The molecule has 2 rings (SSSR count). The van der Waals surface area contributed by atoms with Gasteiger partial charge in [-0.1, -0.05) is 22.1 Å². The van der Waals surface area contributed by atoms with E-state index in [2.05, 4.69) is 14.5 Å². The molecule has 0 spiro atoms. The maximum absolute atomic E-state index is 12.6. The number of hydrogen-bond donors (Lipinski definition) is 1. The minimum absolute atomic E-state index is 0.0716. The van der Waals surface area contributed by atoms with E-state index in [1.807, 2.05) is 0 Å². The van der Waals surface area contributed by atoms with Crippen molar-refractivity contribution in [1.82, 2.24) is 10.3 Å². The first kappa shape index (κ1) is 13.2. The van der Waals surface area contributed by atoms with Crippen LogP contribution in [0.25, 0.3) is 10.9 Å². The normalized spacial score (nSPS) is 11.3. The Morgan fingerprint density at radius 2 is 2.05 bits per heavy atom. The third-order valence-corrected chi connectivity index (χ3v) is 2.71. The van der Waals surface area contributed by atoms with Gasteiger partial charge in [0.25, 0.3) is 5.91 Å². The van der Waals surface area contributed by atoms with E-state index in [0.29, 0.717) is 5.39 Å². The van der Waals surface area contributed by atoms with E-state index < -0.39 is 16.4 Å². The lowest BCUT2D eigenvalue weighted by atomic mass is 10.2. The van der Waals surface area contributed by atoms with Gasteiger partial charge in [-0.05, 0) is 12.1 Å². The molecule has 100 valence electrons. The predicted octanol–water partition coefficient (Wildman–Crippen LogP) is 1.19. The summed E-state index contributed by atoms with van der Waals surface area (Å²) in [5, 5.41) is 2.90. The van der Waals surface area contributed by atoms with E-state index in [1.54, 1.807) is 12.1 Å². The van der Waals surface area contributed by atoms with E-state index in [-0.39, 0.29) is 17.0 Å². The van der Waals surface area contributed by atoms with Crippen LogP contribution in [0.2, 0.25) is 0 Å². The molecule has 1 amide bonds. The number of rotatable bonds is 3. The Morgan fingerprint density at radius 1 is 1.32 bits per heavy atom. The third-order valence-electron chi connectivity index (χ3n) is 2.33. The number of hydrogen-bond acceptors (Lipinski definition) is 5. The highest BCUT2D eigenvalue weighted by Gasteiger charge is 2.15. The highest BCUT2D eigenvalue weighted by Crippen LogP contribution is 2.25. The lowest BCUT2D eigenvalue weighted by Gasteiger charge is -2.06. The number of benzene rings is 1. The van der Waals surface area contributed by atoms with Crippen LogP contribution >= 0.6 is 0 Å². The Hall–Kier alpha value is -2.22. The molecule has 8 heteroatoms. The fourth-order valence-corrected chi connectivity index (χ4v) is 1.90. The van der Waals surface area contributed by atoms with Crippen molar-refractivity contribution in [3.05, 3.63) is 36.0 Å². The summed E-state index contributed by atoms with van der Waals surface area (Å²) in [7, 11) is -3.71. The lowest BCUT2D eigenvalue weighted by Crippen LogP contribution is -2.19. The molecule has 0 aliphatic heterocycles. The fraction of sp³-hybridized carbons (Fsp3) is 0.0909. The minimum atomic E-state index is -5.15. The maximum atomic E-state index is 12.6. The Bertz CT molecular complexity index is 745. The Balaban J connectivity index is 2.61. The molecule has 0 saturated heterocycles. The van der Waals surface area contributed by atoms with Crippen molar-refractivity contribution in [1.29, 1.82) is 0 Å². The van der Waals surface area contributed by atoms with Gasteiger partial charge < -0.3 is 9.50 Å². The number of carbonyl (C=O) groups excluding carboxylic acids is 1. The molecule has 0 fully saturated rings. The van der Waals surface area contributed by atoms with Gasteiger partial charge in [0.1, 0.15) is 11.2 Å². The summed E-state index contributed by atoms with van der Waals surface area (Å²) in [5.41, 5.74) is 0.159. The number of carbonyl (C=O) groups is 1. The van der Waals surface area contributed by atoms with Gasteiger partial charge in [0.15, 0.2) is 5.75 Å². The summed E-state index contributed by atoms with van der Waals surface area (Å²) in [6.07, 6.45) is 0. The number of fused-ring (bicyclic) bond motifs is 1. The van der Waals surface area contributed by atoms with Crippen LogP contribution in [-0.2, 0) is 10.5 Å². The van der Waals surface area contributed by atoms with Gasteiger partial charge in [-0.15, -0.1) is 0 Å². The molecule has 0 radical (unpaired) electrons. The van der Waals surface area contributed by atoms with Crippen LogP contribution in [-0.4, -0.2) is 26.4 Å². The van der Waals surface area contributed by atoms with Crippen LogP contribution < -0.4 is 9.50 Å². The van der Waals surface area contributed by atoms with Crippen LogP contribution in [0, 0.1) is 0 Å². The molecule has 1 N–H and O–H groups in total. The molecule has 0 atom stereocenters. The number of pyridine rings is 1. The number of para-hydroxylation sites is 1. The Kier molecular flexibility index (Phi) is 3.34. The maximum Gasteiger partial charge on any atom is 0.488 e. The summed E-state index contributed by atoms with van der Waals surface area (Å²) in [6, 6.07) is 7.40. The molecule has 0 aliphatic carbocycles. The van der Waals surface area contributed by atoms with E-state index in [4.69, 9.17) is 0 Å². The zero-order valence-electron chi connectivity index (χ0n) is 9.75. The van der Waals surface area contributed by atoms with Crippen LogP contribution in [0.4, 0.5) is 3.89 Å². The van der Waals surface area contributed by atoms with Crippen molar-refractivity contribution in [2.75, 3.05) is 7.05 Å². The van der Waals surface area contributed by atoms with Crippen LogP contribution in [0.3, 0.4) is 0 Å². The summed E-state index contributed by atoms with van der Waals surface area (Å²) in [6.45, 7) is 0. The first-order chi connectivity index (χ1) is 8.90. The topological polar surface area (TPSA) is 85.4 Å². The van der Waals surface area contributed by atoms with Gasteiger partial charge in [-0.3, -0.25) is 4.79 Å². The van der Waals surface area contributed by atoms with Crippen LogP contribution in [0.5, 0.6) is 5.75 Å². The van der Waals surface area contributed by atoms with Crippen molar-refractivity contribution in [3.63, 3.8) is 0 Å². The van der Waals surface area contributed by atoms with Crippen molar-refractivity contribution < 1.29 is 21.3 Å². The molecule has 0 aliphatic rings. The van der Waals surface area contributed by atoms with Crippen molar-refractivity contribution in [2.45, 2.75) is 0 Å². The largest absolute Gasteiger partial charge is 0.488 e. The summed E-state index contributed by atoms with van der Waals surface area (Å²) >= 11 is 0. The SMILES string of the molecule is CNC(=O)c1ccc2cccc(OS(=O)(=O)F)c2n1. The zero-order valence-corrected chi connectivity index (χ0v) is 10.6. The van der Waals surface area contributed by atoms with Gasteiger partial charge in [0.05, 0.1) is 0 Å². The average molecular weight is 284 g/mol. The summed E-state index contributed by atoms with van der Waals surface area (Å²) in [5.74, 6) is -0.717. The van der Waals surface area contributed by atoms with E-state index in [0.717, 1.165) is 0 Å². The van der Waals surface area contributed by atoms with Crippen LogP contribution in [0.1, 0.15) is 10.5 Å². The summed E-state index contributed by atoms with van der Waals surface area (Å²) < 4.78 is 37.8. The summed E-state index contributed by atoms with van der Waals surface area (Å²) in [4.78, 5) is 15.4. The number of amides is 1. The number of nitrogens with one attached hydrogen (secondary N) is 1. The quantitative estimate of drug-likeness (QED) is 0.856. The zero-order chi connectivity index (χ0) is 14.0. The van der Waals surface area contributed by atoms with E-state index >= 15 is 0 Å². The first-order valence-corrected chi connectivity index (χ1v) is 6.47. The number of aromatic nitrogens is 1. The molecule has 0 saturated carbocycles. The minimum Gasteiger partial charge on any atom is -0.356 e. The third kappa shape index (κ3) is 2.97. The second-order valence-electron chi connectivity index (χ2n) is 3.58. The monoisotopic (exact) mass is 284 g/mol. The lowest BCUT2D eigenvalue weighted by molar-refractivity contribution is 0.0958. The molecular weight excluding hydrogens is 275 g/mol. The molecule has 19 heavy (non-hydrogen) atoms. The van der Waals surface area contributed by atoms with Gasteiger partial charge in [-0.2, -0.15) is 8.42 Å². The smallest absolute Gasteiger partial charge is 0.356 e. The molecule has 1 aromatic carbocycles. The van der Waals surface area contributed by atoms with Crippen molar-refractivity contribution in [3.8, 4) is 5.75 Å². The van der Waals surface area contributed by atoms with E-state index in [1.165, 1.54) is 25.2 Å². The van der Waals surface area contributed by atoms with Crippen molar-refractivity contribution >= 4 is 27.3 Å². The second kappa shape index (κ2) is 4.81. The fourth-order valence-electron chi connectivity index (χ4n) is 1.55. The van der Waals surface area contributed by atoms with Gasteiger partial charge in [0, 0.05) is 12.4 Å². The van der Waals surface area contributed by atoms with Gasteiger partial charge in [0.2, 0.25) is 0 Å². The van der Waals surface area contributed by atoms with Gasteiger partial charge >= 0.3 is 10.5 Å².